The van der Waals surface area contributed by atoms with Gasteiger partial charge in [0.15, 0.2) is 0 Å². The van der Waals surface area contributed by atoms with Gasteiger partial charge in [-0.25, -0.2) is 0 Å². The largest absolute Gasteiger partial charge is 0.356 e. The summed E-state index contributed by atoms with van der Waals surface area (Å²) in [5.41, 5.74) is 5.25. The number of rotatable bonds is 3. The Kier molecular flexibility index (Phi) is 5.05. The maximum Gasteiger partial charge on any atom is 0.254 e. The number of H-pyrrole nitrogens is 1. The van der Waals surface area contributed by atoms with Gasteiger partial charge in [0.25, 0.3) is 5.91 Å². The molecule has 2 heterocycles. The normalized spacial score (nSPS) is 15.9. The maximum absolute atomic E-state index is 13.5. The second-order valence-corrected chi connectivity index (χ2v) is 8.81. The van der Waals surface area contributed by atoms with Gasteiger partial charge < -0.3 is 9.88 Å². The van der Waals surface area contributed by atoms with Gasteiger partial charge >= 0.3 is 0 Å². The number of benzene rings is 3. The first-order chi connectivity index (χ1) is 14.7. The van der Waals surface area contributed by atoms with E-state index >= 15 is 0 Å². The van der Waals surface area contributed by atoms with Gasteiger partial charge in [-0.2, -0.15) is 0 Å². The molecule has 1 aromatic heterocycles. The van der Waals surface area contributed by atoms with Crippen molar-refractivity contribution in [2.45, 2.75) is 17.4 Å². The van der Waals surface area contributed by atoms with Crippen LogP contribution in [0.4, 0.5) is 0 Å². The minimum atomic E-state index is -0.163. The summed E-state index contributed by atoms with van der Waals surface area (Å²) >= 11 is 7.89. The molecule has 1 atom stereocenters. The second-order valence-electron chi connectivity index (χ2n) is 7.50. The molecule has 1 aliphatic heterocycles. The van der Waals surface area contributed by atoms with E-state index in [0.29, 0.717) is 17.1 Å². The van der Waals surface area contributed by atoms with Crippen LogP contribution in [0, 0.1) is 0 Å². The maximum atomic E-state index is 13.5. The summed E-state index contributed by atoms with van der Waals surface area (Å²) in [6, 6.07) is 23.9. The highest BCUT2D eigenvalue weighted by Gasteiger charge is 2.34. The van der Waals surface area contributed by atoms with Crippen LogP contribution in [0.1, 0.15) is 33.2 Å². The van der Waals surface area contributed by atoms with Gasteiger partial charge in [0, 0.05) is 38.6 Å². The average molecular weight is 433 g/mol. The molecule has 0 saturated heterocycles. The van der Waals surface area contributed by atoms with Crippen molar-refractivity contribution in [2.24, 2.45) is 0 Å². The number of thioether (sulfide) groups is 1. The predicted octanol–water partition coefficient (Wildman–Crippen LogP) is 6.33. The van der Waals surface area contributed by atoms with Gasteiger partial charge in [0.05, 0.1) is 6.04 Å². The molecule has 30 heavy (non-hydrogen) atoms. The zero-order valence-corrected chi connectivity index (χ0v) is 18.1. The van der Waals surface area contributed by atoms with E-state index in [1.165, 1.54) is 15.8 Å². The molecule has 0 aliphatic carbocycles. The number of hydrogen-bond donors (Lipinski definition) is 1. The lowest BCUT2D eigenvalue weighted by Gasteiger charge is -2.36. The zero-order valence-electron chi connectivity index (χ0n) is 16.6. The fraction of sp³-hybridized carbons (Fsp3) is 0.160. The van der Waals surface area contributed by atoms with Crippen LogP contribution in [0.15, 0.2) is 77.7 Å². The van der Waals surface area contributed by atoms with Crippen molar-refractivity contribution in [3.8, 4) is 0 Å². The van der Waals surface area contributed by atoms with Crippen molar-refractivity contribution in [3.05, 3.63) is 100 Å². The Labute approximate surface area is 185 Å². The molecule has 0 bridgehead atoms. The molecule has 5 rings (SSSR count). The molecular formula is C25H21ClN2OS. The van der Waals surface area contributed by atoms with Gasteiger partial charge in [0.1, 0.15) is 0 Å². The van der Waals surface area contributed by atoms with Crippen LogP contribution in [-0.4, -0.2) is 28.6 Å². The molecular weight excluding hydrogens is 412 g/mol. The lowest BCUT2D eigenvalue weighted by atomic mass is 9.91. The van der Waals surface area contributed by atoms with Crippen molar-refractivity contribution in [2.75, 3.05) is 12.8 Å². The predicted molar refractivity (Wildman–Crippen MR) is 125 cm³/mol. The number of nitrogens with one attached hydrogen (secondary N) is 1. The average Bonchev–Trinajstić information content (AvgIpc) is 3.17. The summed E-state index contributed by atoms with van der Waals surface area (Å²) in [6.07, 6.45) is 2.89. The number of aromatic amines is 1. The number of nitrogens with zero attached hydrogens (tertiary/aromatic N) is 1. The standard InChI is InChI=1S/C25H21ClN2OS/c1-30-19-11-9-16(10-12-19)24-23-21(20-7-2-3-8-22(20)27-23)13-14-28(24)25(29)17-5-4-6-18(26)15-17/h2-12,15,24,27H,13-14H2,1H3/t24-/m1/s1. The van der Waals surface area contributed by atoms with Crippen LogP contribution in [0.3, 0.4) is 0 Å². The minimum Gasteiger partial charge on any atom is -0.356 e. The van der Waals surface area contributed by atoms with Gasteiger partial charge in [-0.15, -0.1) is 11.8 Å². The number of fused-ring (bicyclic) bond motifs is 3. The lowest BCUT2D eigenvalue weighted by molar-refractivity contribution is 0.0692. The Bertz CT molecular complexity index is 1230. The smallest absolute Gasteiger partial charge is 0.254 e. The third kappa shape index (κ3) is 3.30. The van der Waals surface area contributed by atoms with Gasteiger partial charge in [-0.1, -0.05) is 48.0 Å². The molecule has 0 unspecified atom stereocenters. The number of para-hydroxylation sites is 1. The van der Waals surface area contributed by atoms with Crippen molar-refractivity contribution in [1.29, 1.82) is 0 Å². The summed E-state index contributed by atoms with van der Waals surface area (Å²) in [5.74, 6) is 0.000694. The van der Waals surface area contributed by atoms with Crippen LogP contribution in [0.5, 0.6) is 0 Å². The first-order valence-corrected chi connectivity index (χ1v) is 11.6. The van der Waals surface area contributed by atoms with Crippen molar-refractivity contribution >= 4 is 40.2 Å². The van der Waals surface area contributed by atoms with Gasteiger partial charge in [-0.3, -0.25) is 4.79 Å². The van der Waals surface area contributed by atoms with Crippen molar-refractivity contribution in [1.82, 2.24) is 9.88 Å². The summed E-state index contributed by atoms with van der Waals surface area (Å²) in [4.78, 5) is 20.3. The number of amides is 1. The Hall–Kier alpha value is -2.69. The number of halogens is 1. The Morgan fingerprint density at radius 3 is 2.63 bits per heavy atom. The van der Waals surface area contributed by atoms with E-state index in [-0.39, 0.29) is 11.9 Å². The molecule has 0 radical (unpaired) electrons. The van der Waals surface area contributed by atoms with Crippen molar-refractivity contribution in [3.63, 3.8) is 0 Å². The molecule has 5 heteroatoms. The van der Waals surface area contributed by atoms with Crippen LogP contribution in [-0.2, 0) is 6.42 Å². The van der Waals surface area contributed by atoms with Crippen LogP contribution in [0.25, 0.3) is 10.9 Å². The third-order valence-electron chi connectivity index (χ3n) is 5.80. The lowest BCUT2D eigenvalue weighted by Crippen LogP contribution is -2.40. The van der Waals surface area contributed by atoms with E-state index in [1.54, 1.807) is 23.9 Å². The summed E-state index contributed by atoms with van der Waals surface area (Å²) in [5, 5.41) is 1.82. The highest BCUT2D eigenvalue weighted by Crippen LogP contribution is 2.39. The summed E-state index contributed by atoms with van der Waals surface area (Å²) in [6.45, 7) is 0.662. The molecule has 0 fully saturated rings. The first kappa shape index (κ1) is 19.3. The van der Waals surface area contributed by atoms with Gasteiger partial charge in [-0.05, 0) is 60.2 Å². The molecule has 0 saturated carbocycles. The molecule has 4 aromatic rings. The highest BCUT2D eigenvalue weighted by molar-refractivity contribution is 7.98. The number of aromatic nitrogens is 1. The molecule has 0 spiro atoms. The molecule has 3 aromatic carbocycles. The molecule has 1 aliphatic rings. The second kappa shape index (κ2) is 7.86. The Morgan fingerprint density at radius 2 is 1.87 bits per heavy atom. The van der Waals surface area contributed by atoms with E-state index in [2.05, 4.69) is 53.7 Å². The van der Waals surface area contributed by atoms with Gasteiger partial charge in [0.2, 0.25) is 0 Å². The first-order valence-electron chi connectivity index (χ1n) is 9.95. The van der Waals surface area contributed by atoms with E-state index in [1.807, 2.05) is 23.1 Å². The molecule has 150 valence electrons. The van der Waals surface area contributed by atoms with E-state index in [0.717, 1.165) is 23.2 Å². The monoisotopic (exact) mass is 432 g/mol. The zero-order chi connectivity index (χ0) is 20.7. The van der Waals surface area contributed by atoms with Crippen LogP contribution in [0.2, 0.25) is 5.02 Å². The number of carbonyl (C=O) groups is 1. The number of hydrogen-bond acceptors (Lipinski definition) is 2. The van der Waals surface area contributed by atoms with E-state index in [9.17, 15) is 4.79 Å². The third-order valence-corrected chi connectivity index (χ3v) is 6.78. The van der Waals surface area contributed by atoms with Crippen LogP contribution >= 0.6 is 23.4 Å². The number of carbonyl (C=O) groups excluding carboxylic acids is 1. The minimum absolute atomic E-state index is 0.000694. The Balaban J connectivity index is 1.65. The van der Waals surface area contributed by atoms with E-state index in [4.69, 9.17) is 11.6 Å². The van der Waals surface area contributed by atoms with Crippen LogP contribution < -0.4 is 0 Å². The summed E-state index contributed by atoms with van der Waals surface area (Å²) < 4.78 is 0. The van der Waals surface area contributed by atoms with E-state index < -0.39 is 0 Å². The Morgan fingerprint density at radius 1 is 1.07 bits per heavy atom. The fourth-order valence-electron chi connectivity index (χ4n) is 4.38. The quantitative estimate of drug-likeness (QED) is 0.384. The molecule has 3 nitrogen and oxygen atoms in total. The highest BCUT2D eigenvalue weighted by atomic mass is 35.5. The molecule has 1 amide bonds. The van der Waals surface area contributed by atoms with Crippen molar-refractivity contribution < 1.29 is 4.79 Å². The molecule has 1 N–H and O–H groups in total. The summed E-state index contributed by atoms with van der Waals surface area (Å²) in [7, 11) is 0. The SMILES string of the molecule is CSc1ccc([C@@H]2c3[nH]c4ccccc4c3CCN2C(=O)c2cccc(Cl)c2)cc1. The fourth-order valence-corrected chi connectivity index (χ4v) is 4.98. The topological polar surface area (TPSA) is 36.1 Å².